The Bertz CT molecular complexity index is 842. The van der Waals surface area contributed by atoms with Gasteiger partial charge in [0.25, 0.3) is 0 Å². The van der Waals surface area contributed by atoms with Gasteiger partial charge in [-0.25, -0.2) is 0 Å². The molecule has 1 atom stereocenters. The van der Waals surface area contributed by atoms with Crippen LogP contribution in [0.5, 0.6) is 5.75 Å². The van der Waals surface area contributed by atoms with E-state index in [0.717, 1.165) is 16.8 Å². The Hall–Kier alpha value is -2.40. The zero-order chi connectivity index (χ0) is 17.6. The van der Waals surface area contributed by atoms with Crippen molar-refractivity contribution < 1.29 is 9.53 Å². The van der Waals surface area contributed by atoms with E-state index in [9.17, 15) is 4.79 Å². The lowest BCUT2D eigenvalue weighted by molar-refractivity contribution is -0.118. The summed E-state index contributed by atoms with van der Waals surface area (Å²) in [6.45, 7) is 0.563. The van der Waals surface area contributed by atoms with E-state index in [-0.39, 0.29) is 11.8 Å². The molecule has 3 rings (SSSR count). The predicted molar refractivity (Wildman–Crippen MR) is 105 cm³/mol. The van der Waals surface area contributed by atoms with E-state index < -0.39 is 0 Å². The molecular weight excluding hydrogens is 332 g/mol. The maximum absolute atomic E-state index is 12.0. The number of carbonyl (C=O) groups excluding carboxylic acids is 1. The first-order valence-electron chi connectivity index (χ1n) is 8.18. The van der Waals surface area contributed by atoms with Gasteiger partial charge in [0.1, 0.15) is 5.75 Å². The second kappa shape index (κ2) is 8.12. The summed E-state index contributed by atoms with van der Waals surface area (Å²) in [5, 5.41) is 4.24. The number of hydrogen-bond acceptors (Lipinski definition) is 3. The summed E-state index contributed by atoms with van der Waals surface area (Å²) in [7, 11) is 1.66. The molecule has 0 fully saturated rings. The molecule has 0 aliphatic carbocycles. The molecule has 0 aliphatic heterocycles. The van der Waals surface area contributed by atoms with Crippen molar-refractivity contribution in [2.75, 3.05) is 25.7 Å². The molecule has 0 spiro atoms. The molecule has 3 aromatic rings. The van der Waals surface area contributed by atoms with Gasteiger partial charge in [0.15, 0.2) is 0 Å². The number of hydrogen-bond donors (Lipinski definition) is 2. The van der Waals surface area contributed by atoms with E-state index in [0.29, 0.717) is 12.3 Å². The predicted octanol–water partition coefficient (Wildman–Crippen LogP) is 3.79. The third-order valence-corrected chi connectivity index (χ3v) is 4.84. The highest BCUT2D eigenvalue weighted by atomic mass is 32.2. The molecule has 4 nitrogen and oxygen atoms in total. The first-order chi connectivity index (χ1) is 12.2. The van der Waals surface area contributed by atoms with E-state index in [2.05, 4.69) is 34.6 Å². The third-order valence-electron chi connectivity index (χ3n) is 4.29. The number of aromatic nitrogens is 1. The molecule has 1 heterocycles. The van der Waals surface area contributed by atoms with E-state index in [1.807, 2.05) is 36.7 Å². The zero-order valence-electron chi connectivity index (χ0n) is 14.4. The molecule has 0 radical (unpaired) electrons. The number of benzene rings is 2. The van der Waals surface area contributed by atoms with Gasteiger partial charge in [-0.2, -0.15) is 11.8 Å². The van der Waals surface area contributed by atoms with Crippen LogP contribution in [0.3, 0.4) is 0 Å². The van der Waals surface area contributed by atoms with Crippen LogP contribution >= 0.6 is 11.8 Å². The number of carbonyl (C=O) groups is 1. The number of nitrogens with one attached hydrogen (secondary N) is 2. The molecule has 0 saturated heterocycles. The Morgan fingerprint density at radius 2 is 1.96 bits per heavy atom. The fourth-order valence-corrected chi connectivity index (χ4v) is 3.39. The Morgan fingerprint density at radius 3 is 2.68 bits per heavy atom. The van der Waals surface area contributed by atoms with Crippen LogP contribution in [0.25, 0.3) is 10.9 Å². The second-order valence-corrected chi connectivity index (χ2v) is 6.72. The van der Waals surface area contributed by atoms with E-state index in [1.54, 1.807) is 7.11 Å². The lowest BCUT2D eigenvalue weighted by atomic mass is 9.91. The highest BCUT2D eigenvalue weighted by Gasteiger charge is 2.19. The minimum Gasteiger partial charge on any atom is -0.497 e. The van der Waals surface area contributed by atoms with Crippen LogP contribution in [0.4, 0.5) is 0 Å². The van der Waals surface area contributed by atoms with E-state index in [1.165, 1.54) is 22.7 Å². The molecule has 2 aromatic carbocycles. The van der Waals surface area contributed by atoms with Crippen LogP contribution in [0, 0.1) is 0 Å². The zero-order valence-corrected chi connectivity index (χ0v) is 15.2. The summed E-state index contributed by atoms with van der Waals surface area (Å²) in [6.07, 6.45) is 3.97. The van der Waals surface area contributed by atoms with Crippen molar-refractivity contribution in [3.05, 3.63) is 65.9 Å². The molecule has 0 saturated carbocycles. The first kappa shape index (κ1) is 17.4. The van der Waals surface area contributed by atoms with Gasteiger partial charge in [0.05, 0.1) is 12.9 Å². The Labute approximate surface area is 152 Å². The van der Waals surface area contributed by atoms with Crippen molar-refractivity contribution in [2.45, 2.75) is 5.92 Å². The number of methoxy groups -OCH3 is 1. The van der Waals surface area contributed by atoms with Crippen molar-refractivity contribution in [3.8, 4) is 5.75 Å². The number of rotatable bonds is 7. The molecule has 1 unspecified atom stereocenters. The van der Waals surface area contributed by atoms with E-state index in [4.69, 9.17) is 4.74 Å². The topological polar surface area (TPSA) is 54.1 Å². The van der Waals surface area contributed by atoms with Gasteiger partial charge in [-0.1, -0.05) is 30.3 Å². The quantitative estimate of drug-likeness (QED) is 0.679. The first-order valence-corrected chi connectivity index (χ1v) is 9.58. The number of para-hydroxylation sites is 1. The van der Waals surface area contributed by atoms with Crippen molar-refractivity contribution in [2.24, 2.45) is 0 Å². The number of ether oxygens (including phenoxy) is 1. The highest BCUT2D eigenvalue weighted by Crippen LogP contribution is 2.31. The molecule has 1 amide bonds. The molecule has 130 valence electrons. The van der Waals surface area contributed by atoms with Crippen LogP contribution in [0.15, 0.2) is 54.7 Å². The Morgan fingerprint density at radius 1 is 1.20 bits per heavy atom. The van der Waals surface area contributed by atoms with E-state index >= 15 is 0 Å². The largest absolute Gasteiger partial charge is 0.497 e. The molecule has 2 N–H and O–H groups in total. The third kappa shape index (κ3) is 3.99. The molecular formula is C20H22N2O2S. The van der Waals surface area contributed by atoms with Gasteiger partial charge in [-0.15, -0.1) is 0 Å². The van der Waals surface area contributed by atoms with Gasteiger partial charge >= 0.3 is 0 Å². The normalized spacial score (nSPS) is 12.1. The van der Waals surface area contributed by atoms with Crippen LogP contribution in [-0.4, -0.2) is 36.6 Å². The summed E-state index contributed by atoms with van der Waals surface area (Å²) < 4.78 is 5.26. The second-order valence-electron chi connectivity index (χ2n) is 5.85. The summed E-state index contributed by atoms with van der Waals surface area (Å²) in [5.41, 5.74) is 3.44. The fraction of sp³-hybridized carbons (Fsp3) is 0.250. The molecule has 0 bridgehead atoms. The summed E-state index contributed by atoms with van der Waals surface area (Å²) in [5.74, 6) is 1.44. The number of fused-ring (bicyclic) bond motifs is 1. The summed E-state index contributed by atoms with van der Waals surface area (Å²) in [6, 6.07) is 16.3. The molecule has 1 aromatic heterocycles. The van der Waals surface area contributed by atoms with Crippen molar-refractivity contribution in [1.82, 2.24) is 10.3 Å². The summed E-state index contributed by atoms with van der Waals surface area (Å²) in [4.78, 5) is 15.3. The van der Waals surface area contributed by atoms with Gasteiger partial charge in [-0.05, 0) is 35.6 Å². The maximum atomic E-state index is 12.0. The average Bonchev–Trinajstić information content (AvgIpc) is 3.07. The van der Waals surface area contributed by atoms with Crippen molar-refractivity contribution in [1.29, 1.82) is 0 Å². The Balaban J connectivity index is 1.94. The van der Waals surface area contributed by atoms with Crippen LogP contribution in [0.1, 0.15) is 17.0 Å². The SMILES string of the molecule is COc1ccc(C(CNC(=O)CSC)c2c[nH]c3ccccc23)cc1. The smallest absolute Gasteiger partial charge is 0.230 e. The summed E-state index contributed by atoms with van der Waals surface area (Å²) >= 11 is 1.53. The van der Waals surface area contributed by atoms with Crippen LogP contribution in [0.2, 0.25) is 0 Å². The minimum absolute atomic E-state index is 0.0610. The van der Waals surface area contributed by atoms with Crippen LogP contribution < -0.4 is 10.1 Å². The fourth-order valence-electron chi connectivity index (χ4n) is 3.02. The standard InChI is InChI=1S/C20H22N2O2S/c1-24-15-9-7-14(8-10-15)17(11-22-20(23)13-25-2)18-12-21-19-6-4-3-5-16(18)19/h3-10,12,17,21H,11,13H2,1-2H3,(H,22,23). The van der Waals surface area contributed by atoms with Crippen LogP contribution in [-0.2, 0) is 4.79 Å². The lowest BCUT2D eigenvalue weighted by Gasteiger charge is -2.18. The average molecular weight is 354 g/mol. The number of amides is 1. The lowest BCUT2D eigenvalue weighted by Crippen LogP contribution is -2.30. The van der Waals surface area contributed by atoms with Gasteiger partial charge < -0.3 is 15.0 Å². The molecule has 25 heavy (non-hydrogen) atoms. The number of aromatic amines is 1. The van der Waals surface area contributed by atoms with Gasteiger partial charge in [0, 0.05) is 29.6 Å². The van der Waals surface area contributed by atoms with Crippen molar-refractivity contribution >= 4 is 28.6 Å². The van der Waals surface area contributed by atoms with Crippen molar-refractivity contribution in [3.63, 3.8) is 0 Å². The van der Waals surface area contributed by atoms with Gasteiger partial charge in [-0.3, -0.25) is 4.79 Å². The Kier molecular flexibility index (Phi) is 5.66. The minimum atomic E-state index is 0.0610. The number of H-pyrrole nitrogens is 1. The monoisotopic (exact) mass is 354 g/mol. The maximum Gasteiger partial charge on any atom is 0.230 e. The number of thioether (sulfide) groups is 1. The molecule has 0 aliphatic rings. The highest BCUT2D eigenvalue weighted by molar-refractivity contribution is 7.99. The van der Waals surface area contributed by atoms with Gasteiger partial charge in [0.2, 0.25) is 5.91 Å². The molecule has 5 heteroatoms.